The molecule has 2 heterocycles. The predicted octanol–water partition coefficient (Wildman–Crippen LogP) is 2.68. The van der Waals surface area contributed by atoms with Gasteiger partial charge in [0.25, 0.3) is 5.89 Å². The second-order valence-corrected chi connectivity index (χ2v) is 5.44. The Balaban J connectivity index is 1.78. The maximum atomic E-state index is 5.74. The predicted molar refractivity (Wildman–Crippen MR) is 73.3 cm³/mol. The zero-order chi connectivity index (χ0) is 13.2. The average Bonchev–Trinajstić information content (AvgIpc) is 3.08. The molecule has 2 atom stereocenters. The molecule has 1 aliphatic heterocycles. The first kappa shape index (κ1) is 12.8. The van der Waals surface area contributed by atoms with Crippen molar-refractivity contribution in [1.82, 2.24) is 10.1 Å². The minimum absolute atomic E-state index is 0.105. The number of ether oxygens (including phenoxy) is 1. The molecule has 0 radical (unpaired) electrons. The van der Waals surface area contributed by atoms with E-state index in [0.29, 0.717) is 18.3 Å². The normalized spacial score (nSPS) is 22.8. The Bertz CT molecular complexity index is 555. The molecule has 19 heavy (non-hydrogen) atoms. The lowest BCUT2D eigenvalue weighted by atomic mass is 10.2. The van der Waals surface area contributed by atoms with Crippen LogP contribution in [0.1, 0.15) is 24.8 Å². The van der Waals surface area contributed by atoms with Gasteiger partial charge in [0, 0.05) is 16.6 Å². The molecular formula is C13H14BrN3O2. The summed E-state index contributed by atoms with van der Waals surface area (Å²) >= 11 is 3.40. The SMILES string of the molecule is NCC1CCC(c2nc(-c3ccc(Br)cc3)no2)O1. The van der Waals surface area contributed by atoms with Gasteiger partial charge in [0.1, 0.15) is 6.10 Å². The fourth-order valence-electron chi connectivity index (χ4n) is 2.14. The molecule has 0 bridgehead atoms. The van der Waals surface area contributed by atoms with Crippen LogP contribution in [-0.4, -0.2) is 22.8 Å². The second kappa shape index (κ2) is 5.40. The second-order valence-electron chi connectivity index (χ2n) is 4.52. The highest BCUT2D eigenvalue weighted by molar-refractivity contribution is 9.10. The highest BCUT2D eigenvalue weighted by atomic mass is 79.9. The summed E-state index contributed by atoms with van der Waals surface area (Å²) in [6.07, 6.45) is 1.80. The monoisotopic (exact) mass is 323 g/mol. The molecule has 6 heteroatoms. The van der Waals surface area contributed by atoms with Crippen LogP contribution in [0.5, 0.6) is 0 Å². The summed E-state index contributed by atoms with van der Waals surface area (Å²) in [6, 6.07) is 7.78. The lowest BCUT2D eigenvalue weighted by Crippen LogP contribution is -2.18. The third-order valence-electron chi connectivity index (χ3n) is 3.19. The molecule has 0 aliphatic carbocycles. The van der Waals surface area contributed by atoms with Crippen molar-refractivity contribution in [2.75, 3.05) is 6.54 Å². The standard InChI is InChI=1S/C13H14BrN3O2/c14-9-3-1-8(2-4-9)12-16-13(19-17-12)11-6-5-10(7-15)18-11/h1-4,10-11H,5-7,15H2. The Hall–Kier alpha value is -1.24. The first-order chi connectivity index (χ1) is 9.26. The number of hydrogen-bond donors (Lipinski definition) is 1. The number of rotatable bonds is 3. The molecule has 2 unspecified atom stereocenters. The number of halogens is 1. The molecule has 1 saturated heterocycles. The van der Waals surface area contributed by atoms with E-state index in [2.05, 4.69) is 26.1 Å². The van der Waals surface area contributed by atoms with Crippen LogP contribution < -0.4 is 5.73 Å². The van der Waals surface area contributed by atoms with Crippen molar-refractivity contribution in [2.45, 2.75) is 25.0 Å². The van der Waals surface area contributed by atoms with Crippen LogP contribution in [-0.2, 0) is 4.74 Å². The van der Waals surface area contributed by atoms with E-state index in [1.807, 2.05) is 24.3 Å². The summed E-state index contributed by atoms with van der Waals surface area (Å²) in [5.41, 5.74) is 6.51. The van der Waals surface area contributed by atoms with E-state index in [1.54, 1.807) is 0 Å². The molecule has 0 saturated carbocycles. The molecule has 100 valence electrons. The van der Waals surface area contributed by atoms with Crippen LogP contribution in [0, 0.1) is 0 Å². The number of nitrogens with zero attached hydrogens (tertiary/aromatic N) is 2. The molecule has 1 fully saturated rings. The molecule has 2 aromatic rings. The van der Waals surface area contributed by atoms with Crippen molar-refractivity contribution >= 4 is 15.9 Å². The Morgan fingerprint density at radius 2 is 2.05 bits per heavy atom. The molecule has 1 aromatic carbocycles. The molecule has 5 nitrogen and oxygen atoms in total. The molecule has 2 N–H and O–H groups in total. The first-order valence-electron chi connectivity index (χ1n) is 6.21. The number of hydrogen-bond acceptors (Lipinski definition) is 5. The Morgan fingerprint density at radius 3 is 2.74 bits per heavy atom. The largest absolute Gasteiger partial charge is 0.364 e. The van der Waals surface area contributed by atoms with Gasteiger partial charge in [-0.05, 0) is 37.1 Å². The molecule has 0 spiro atoms. The zero-order valence-electron chi connectivity index (χ0n) is 10.3. The van der Waals surface area contributed by atoms with Gasteiger partial charge in [0.15, 0.2) is 0 Å². The van der Waals surface area contributed by atoms with Gasteiger partial charge in [0.2, 0.25) is 5.82 Å². The summed E-state index contributed by atoms with van der Waals surface area (Å²) in [7, 11) is 0. The van der Waals surface area contributed by atoms with Gasteiger partial charge in [-0.25, -0.2) is 0 Å². The van der Waals surface area contributed by atoms with Gasteiger partial charge >= 0.3 is 0 Å². The van der Waals surface area contributed by atoms with Crippen molar-refractivity contribution < 1.29 is 9.26 Å². The maximum Gasteiger partial charge on any atom is 0.256 e. The first-order valence-corrected chi connectivity index (χ1v) is 7.00. The minimum Gasteiger partial charge on any atom is -0.364 e. The van der Waals surface area contributed by atoms with Gasteiger partial charge in [-0.1, -0.05) is 21.1 Å². The van der Waals surface area contributed by atoms with Gasteiger partial charge in [-0.15, -0.1) is 0 Å². The van der Waals surface area contributed by atoms with E-state index in [-0.39, 0.29) is 12.2 Å². The van der Waals surface area contributed by atoms with E-state index in [4.69, 9.17) is 15.0 Å². The average molecular weight is 324 g/mol. The van der Waals surface area contributed by atoms with Gasteiger partial charge < -0.3 is 15.0 Å². The van der Waals surface area contributed by atoms with Crippen LogP contribution in [0.3, 0.4) is 0 Å². The third kappa shape index (κ3) is 2.70. The van der Waals surface area contributed by atoms with Crippen molar-refractivity contribution in [3.05, 3.63) is 34.6 Å². The summed E-state index contributed by atoms with van der Waals surface area (Å²) in [5, 5.41) is 4.00. The summed E-state index contributed by atoms with van der Waals surface area (Å²) < 4.78 is 12.0. The quantitative estimate of drug-likeness (QED) is 0.939. The van der Waals surface area contributed by atoms with E-state index in [1.165, 1.54) is 0 Å². The van der Waals surface area contributed by atoms with Crippen molar-refractivity contribution in [3.8, 4) is 11.4 Å². The Labute approximate surface area is 119 Å². The number of aromatic nitrogens is 2. The topological polar surface area (TPSA) is 74.2 Å². The summed E-state index contributed by atoms with van der Waals surface area (Å²) in [6.45, 7) is 0.532. The van der Waals surface area contributed by atoms with Crippen LogP contribution in [0.2, 0.25) is 0 Å². The van der Waals surface area contributed by atoms with Crippen LogP contribution in [0.4, 0.5) is 0 Å². The van der Waals surface area contributed by atoms with Gasteiger partial charge in [-0.3, -0.25) is 0 Å². The van der Waals surface area contributed by atoms with Crippen molar-refractivity contribution in [2.24, 2.45) is 5.73 Å². The smallest absolute Gasteiger partial charge is 0.256 e. The highest BCUT2D eigenvalue weighted by Crippen LogP contribution is 2.32. The molecule has 0 amide bonds. The molecule has 1 aromatic heterocycles. The maximum absolute atomic E-state index is 5.74. The minimum atomic E-state index is -0.120. The van der Waals surface area contributed by atoms with Gasteiger partial charge in [-0.2, -0.15) is 4.98 Å². The Kier molecular flexibility index (Phi) is 3.63. The van der Waals surface area contributed by atoms with Gasteiger partial charge in [0.05, 0.1) is 6.10 Å². The van der Waals surface area contributed by atoms with Crippen molar-refractivity contribution in [1.29, 1.82) is 0 Å². The highest BCUT2D eigenvalue weighted by Gasteiger charge is 2.29. The van der Waals surface area contributed by atoms with Crippen molar-refractivity contribution in [3.63, 3.8) is 0 Å². The van der Waals surface area contributed by atoms with Crippen LogP contribution in [0.15, 0.2) is 33.3 Å². The van der Waals surface area contributed by atoms with Crippen LogP contribution in [0.25, 0.3) is 11.4 Å². The third-order valence-corrected chi connectivity index (χ3v) is 3.72. The summed E-state index contributed by atoms with van der Waals surface area (Å²) in [4.78, 5) is 4.40. The Morgan fingerprint density at radius 1 is 1.26 bits per heavy atom. The fraction of sp³-hybridized carbons (Fsp3) is 0.385. The molecule has 3 rings (SSSR count). The zero-order valence-corrected chi connectivity index (χ0v) is 11.8. The lowest BCUT2D eigenvalue weighted by molar-refractivity contribution is 0.0307. The van der Waals surface area contributed by atoms with E-state index in [0.717, 1.165) is 22.9 Å². The molecular weight excluding hydrogens is 310 g/mol. The van der Waals surface area contributed by atoms with E-state index >= 15 is 0 Å². The van der Waals surface area contributed by atoms with E-state index in [9.17, 15) is 0 Å². The van der Waals surface area contributed by atoms with E-state index < -0.39 is 0 Å². The van der Waals surface area contributed by atoms with Crippen LogP contribution >= 0.6 is 15.9 Å². The lowest BCUT2D eigenvalue weighted by Gasteiger charge is -2.07. The molecule has 1 aliphatic rings. The fourth-order valence-corrected chi connectivity index (χ4v) is 2.41. The number of benzene rings is 1. The number of nitrogens with two attached hydrogens (primary N) is 1. The summed E-state index contributed by atoms with van der Waals surface area (Å²) in [5.74, 6) is 1.12.